The molecule has 0 unspecified atom stereocenters. The fraction of sp³-hybridized carbons (Fsp3) is 0.400. The molecule has 3 rings (SSSR count). The van der Waals surface area contributed by atoms with E-state index in [9.17, 15) is 14.9 Å². The number of rotatable bonds is 7. The van der Waals surface area contributed by atoms with Crippen LogP contribution in [0.25, 0.3) is 0 Å². The van der Waals surface area contributed by atoms with Crippen LogP contribution in [-0.2, 0) is 15.9 Å². The topological polar surface area (TPSA) is 141 Å². The number of nitrogens with zero attached hydrogens (tertiary/aromatic N) is 5. The van der Waals surface area contributed by atoms with E-state index in [4.69, 9.17) is 19.5 Å². The molecule has 11 heteroatoms. The van der Waals surface area contributed by atoms with E-state index in [1.807, 2.05) is 6.07 Å². The first-order chi connectivity index (χ1) is 15.0. The fourth-order valence-corrected chi connectivity index (χ4v) is 3.17. The molecule has 1 fully saturated rings. The van der Waals surface area contributed by atoms with E-state index in [1.165, 1.54) is 6.33 Å². The van der Waals surface area contributed by atoms with E-state index in [0.717, 1.165) is 5.56 Å². The first-order valence-electron chi connectivity index (χ1n) is 9.73. The van der Waals surface area contributed by atoms with E-state index in [1.54, 1.807) is 36.1 Å². The standard InChI is InChI=1S/C20H21N5O6/c1-2-29-20(26)31-16-8-11-24(12-9-16)18-17(25(27)28)19(23-13-22-18)30-15-5-3-14(4-6-15)7-10-21/h3-6,13,16H,2,7-9,11-12H2,1H3. The largest absolute Gasteiger partial charge is 0.508 e. The van der Waals surface area contributed by atoms with Crippen molar-refractivity contribution in [3.8, 4) is 17.7 Å². The average molecular weight is 427 g/mol. The number of ether oxygens (including phenoxy) is 3. The second-order valence-corrected chi connectivity index (χ2v) is 6.68. The predicted molar refractivity (Wildman–Crippen MR) is 108 cm³/mol. The molecular formula is C20H21N5O6. The van der Waals surface area contributed by atoms with Crippen LogP contribution in [0, 0.1) is 21.4 Å². The van der Waals surface area contributed by atoms with Crippen LogP contribution >= 0.6 is 0 Å². The Balaban J connectivity index is 1.74. The Labute approximate surface area is 178 Å². The molecule has 0 spiro atoms. The van der Waals surface area contributed by atoms with Gasteiger partial charge in [0.05, 0.1) is 24.0 Å². The number of benzene rings is 1. The Morgan fingerprint density at radius 1 is 1.29 bits per heavy atom. The molecule has 0 bridgehead atoms. The maximum absolute atomic E-state index is 11.8. The number of piperidine rings is 1. The predicted octanol–water partition coefficient (Wildman–Crippen LogP) is 3.39. The molecule has 0 aliphatic carbocycles. The van der Waals surface area contributed by atoms with Crippen LogP contribution in [-0.4, -0.2) is 46.8 Å². The number of carbonyl (C=O) groups excluding carboxylic acids is 1. The van der Waals surface area contributed by atoms with Crippen LogP contribution < -0.4 is 9.64 Å². The number of hydrogen-bond acceptors (Lipinski definition) is 10. The average Bonchev–Trinajstić information content (AvgIpc) is 2.76. The van der Waals surface area contributed by atoms with Crippen LogP contribution in [0.5, 0.6) is 11.6 Å². The lowest BCUT2D eigenvalue weighted by Gasteiger charge is -2.31. The van der Waals surface area contributed by atoms with Gasteiger partial charge >= 0.3 is 17.7 Å². The molecule has 2 heterocycles. The molecule has 0 saturated carbocycles. The Morgan fingerprint density at radius 2 is 2.00 bits per heavy atom. The minimum atomic E-state index is -0.717. The van der Waals surface area contributed by atoms with Crippen molar-refractivity contribution in [2.75, 3.05) is 24.6 Å². The summed E-state index contributed by atoms with van der Waals surface area (Å²) in [6.45, 7) is 2.74. The number of aromatic nitrogens is 2. The maximum Gasteiger partial charge on any atom is 0.508 e. The molecule has 0 N–H and O–H groups in total. The summed E-state index contributed by atoms with van der Waals surface area (Å²) in [5.74, 6) is 0.328. The van der Waals surface area contributed by atoms with Crippen LogP contribution in [0.4, 0.5) is 16.3 Å². The van der Waals surface area contributed by atoms with Crippen molar-refractivity contribution >= 4 is 17.7 Å². The van der Waals surface area contributed by atoms with E-state index in [2.05, 4.69) is 9.97 Å². The van der Waals surface area contributed by atoms with Crippen molar-refractivity contribution in [3.05, 3.63) is 46.3 Å². The van der Waals surface area contributed by atoms with Gasteiger partial charge in [0, 0.05) is 25.9 Å². The van der Waals surface area contributed by atoms with E-state index in [-0.39, 0.29) is 36.5 Å². The molecule has 162 valence electrons. The molecule has 1 aliphatic heterocycles. The summed E-state index contributed by atoms with van der Waals surface area (Å²) in [4.78, 5) is 32.5. The smallest absolute Gasteiger partial charge is 0.435 e. The SMILES string of the molecule is CCOC(=O)OC1CCN(c2ncnc(Oc3ccc(CC#N)cc3)c2[N+](=O)[O-])CC1. The number of anilines is 1. The van der Waals surface area contributed by atoms with Gasteiger partial charge in [-0.15, -0.1) is 0 Å². The summed E-state index contributed by atoms with van der Waals surface area (Å²) in [6, 6.07) is 8.71. The molecule has 1 saturated heterocycles. The molecule has 1 aromatic heterocycles. The molecular weight excluding hydrogens is 406 g/mol. The van der Waals surface area contributed by atoms with Crippen molar-refractivity contribution in [1.29, 1.82) is 5.26 Å². The van der Waals surface area contributed by atoms with Crippen molar-refractivity contribution in [3.63, 3.8) is 0 Å². The summed E-state index contributed by atoms with van der Waals surface area (Å²) in [5, 5.41) is 20.5. The highest BCUT2D eigenvalue weighted by Crippen LogP contribution is 2.37. The van der Waals surface area contributed by atoms with Gasteiger partial charge < -0.3 is 19.1 Å². The highest BCUT2D eigenvalue weighted by Gasteiger charge is 2.32. The lowest BCUT2D eigenvalue weighted by atomic mass is 10.1. The maximum atomic E-state index is 11.8. The molecule has 0 radical (unpaired) electrons. The third-order valence-corrected chi connectivity index (χ3v) is 4.64. The second-order valence-electron chi connectivity index (χ2n) is 6.68. The fourth-order valence-electron chi connectivity index (χ4n) is 3.17. The molecule has 0 amide bonds. The zero-order chi connectivity index (χ0) is 22.2. The van der Waals surface area contributed by atoms with Gasteiger partial charge in [0.1, 0.15) is 18.2 Å². The number of hydrogen-bond donors (Lipinski definition) is 0. The molecule has 1 aliphatic rings. The lowest BCUT2D eigenvalue weighted by Crippen LogP contribution is -2.38. The van der Waals surface area contributed by atoms with E-state index < -0.39 is 11.1 Å². The Bertz CT molecular complexity index is 967. The third kappa shape index (κ3) is 5.57. The third-order valence-electron chi connectivity index (χ3n) is 4.64. The Hall–Kier alpha value is -3.94. The van der Waals surface area contributed by atoms with Gasteiger partial charge in [-0.25, -0.2) is 9.78 Å². The molecule has 1 aromatic carbocycles. The van der Waals surface area contributed by atoms with Crippen LogP contribution in [0.3, 0.4) is 0 Å². The summed E-state index contributed by atoms with van der Waals surface area (Å²) in [7, 11) is 0. The van der Waals surface area contributed by atoms with Crippen LogP contribution in [0.1, 0.15) is 25.3 Å². The van der Waals surface area contributed by atoms with Crippen molar-refractivity contribution in [2.45, 2.75) is 32.3 Å². The zero-order valence-electron chi connectivity index (χ0n) is 16.9. The zero-order valence-corrected chi connectivity index (χ0v) is 16.9. The highest BCUT2D eigenvalue weighted by atomic mass is 16.7. The molecule has 0 atom stereocenters. The summed E-state index contributed by atoms with van der Waals surface area (Å²) < 4.78 is 15.7. The van der Waals surface area contributed by atoms with Gasteiger partial charge in [-0.1, -0.05) is 12.1 Å². The van der Waals surface area contributed by atoms with Gasteiger partial charge in [-0.05, 0) is 24.6 Å². The van der Waals surface area contributed by atoms with Gasteiger partial charge in [-0.2, -0.15) is 10.2 Å². The Kier molecular flexibility index (Phi) is 7.16. The monoisotopic (exact) mass is 427 g/mol. The quantitative estimate of drug-likeness (QED) is 0.367. The Morgan fingerprint density at radius 3 is 2.61 bits per heavy atom. The summed E-state index contributed by atoms with van der Waals surface area (Å²) in [6.07, 6.45) is 1.40. The minimum Gasteiger partial charge on any atom is -0.435 e. The van der Waals surface area contributed by atoms with E-state index >= 15 is 0 Å². The lowest BCUT2D eigenvalue weighted by molar-refractivity contribution is -0.385. The minimum absolute atomic E-state index is 0.144. The highest BCUT2D eigenvalue weighted by molar-refractivity contribution is 5.64. The molecule has 2 aromatic rings. The van der Waals surface area contributed by atoms with Gasteiger partial charge in [0.25, 0.3) is 0 Å². The van der Waals surface area contributed by atoms with E-state index in [0.29, 0.717) is 31.7 Å². The van der Waals surface area contributed by atoms with Gasteiger partial charge in [-0.3, -0.25) is 10.1 Å². The second kappa shape index (κ2) is 10.2. The number of carbonyl (C=O) groups is 1. The van der Waals surface area contributed by atoms with Crippen LogP contribution in [0.15, 0.2) is 30.6 Å². The van der Waals surface area contributed by atoms with Crippen LogP contribution in [0.2, 0.25) is 0 Å². The molecule has 31 heavy (non-hydrogen) atoms. The van der Waals surface area contributed by atoms with Crippen molar-refractivity contribution in [1.82, 2.24) is 9.97 Å². The van der Waals surface area contributed by atoms with Gasteiger partial charge in [0.2, 0.25) is 5.82 Å². The molecule has 11 nitrogen and oxygen atoms in total. The number of nitriles is 1. The summed E-state index contributed by atoms with van der Waals surface area (Å²) in [5.41, 5.74) is 0.467. The van der Waals surface area contributed by atoms with Crippen molar-refractivity contribution in [2.24, 2.45) is 0 Å². The normalized spacial score (nSPS) is 13.9. The first kappa shape index (κ1) is 21.8. The van der Waals surface area contributed by atoms with Crippen molar-refractivity contribution < 1.29 is 23.9 Å². The number of nitro groups is 1. The summed E-state index contributed by atoms with van der Waals surface area (Å²) >= 11 is 0. The van der Waals surface area contributed by atoms with Gasteiger partial charge in [0.15, 0.2) is 0 Å². The first-order valence-corrected chi connectivity index (χ1v) is 9.73.